The molecule has 2 unspecified atom stereocenters. The van der Waals surface area contributed by atoms with E-state index in [2.05, 4.69) is 34.6 Å². The fraction of sp³-hybridized carbons (Fsp3) is 1.00. The summed E-state index contributed by atoms with van der Waals surface area (Å²) in [6.45, 7) is 11.9. The summed E-state index contributed by atoms with van der Waals surface area (Å²) in [7, 11) is 0. The summed E-state index contributed by atoms with van der Waals surface area (Å²) in [6, 6.07) is 0. The second-order valence-corrected chi connectivity index (χ2v) is 6.80. The first-order chi connectivity index (χ1) is 6.38. The van der Waals surface area contributed by atoms with E-state index < -0.39 is 0 Å². The highest BCUT2D eigenvalue weighted by Crippen LogP contribution is 2.39. The van der Waals surface area contributed by atoms with Gasteiger partial charge in [-0.25, -0.2) is 0 Å². The van der Waals surface area contributed by atoms with Gasteiger partial charge in [0, 0.05) is 0 Å². The Kier molecular flexibility index (Phi) is 4.04. The molecule has 1 saturated carbocycles. The first-order valence-corrected chi connectivity index (χ1v) is 6.38. The van der Waals surface area contributed by atoms with E-state index in [-0.39, 0.29) is 0 Å². The molecule has 0 aliphatic heterocycles. The molecule has 0 saturated heterocycles. The summed E-state index contributed by atoms with van der Waals surface area (Å²) in [6.07, 6.45) is 7.37. The van der Waals surface area contributed by atoms with Crippen LogP contribution in [-0.4, -0.2) is 0 Å². The molecule has 1 rings (SSSR count). The molecule has 14 heavy (non-hydrogen) atoms. The van der Waals surface area contributed by atoms with Crippen molar-refractivity contribution in [2.24, 2.45) is 23.2 Å². The number of rotatable bonds is 2. The Morgan fingerprint density at radius 3 is 2.29 bits per heavy atom. The number of hydrogen-bond acceptors (Lipinski definition) is 0. The fourth-order valence-corrected chi connectivity index (χ4v) is 2.99. The molecule has 84 valence electrons. The lowest BCUT2D eigenvalue weighted by atomic mass is 9.71. The third kappa shape index (κ3) is 4.02. The minimum atomic E-state index is 0.531. The molecule has 1 aliphatic rings. The van der Waals surface area contributed by atoms with Crippen molar-refractivity contribution in [2.75, 3.05) is 0 Å². The quantitative estimate of drug-likeness (QED) is 0.590. The van der Waals surface area contributed by atoms with Crippen LogP contribution in [0.3, 0.4) is 0 Å². The Bertz CT molecular complexity index is 161. The van der Waals surface area contributed by atoms with Crippen LogP contribution in [-0.2, 0) is 0 Å². The van der Waals surface area contributed by atoms with Crippen molar-refractivity contribution in [1.82, 2.24) is 0 Å². The van der Waals surface area contributed by atoms with E-state index in [1.807, 2.05) is 0 Å². The van der Waals surface area contributed by atoms with E-state index in [9.17, 15) is 0 Å². The fourth-order valence-electron chi connectivity index (χ4n) is 2.99. The first-order valence-electron chi connectivity index (χ1n) is 6.38. The van der Waals surface area contributed by atoms with Gasteiger partial charge >= 0.3 is 0 Å². The van der Waals surface area contributed by atoms with Crippen molar-refractivity contribution in [2.45, 2.75) is 66.7 Å². The standard InChI is InChI=1S/C14H28/c1-11(2)13-8-6-7-12(9-13)10-14(3,4)5/h11-13H,6-10H2,1-5H3. The predicted molar refractivity (Wildman–Crippen MR) is 64.4 cm³/mol. The van der Waals surface area contributed by atoms with E-state index in [0.717, 1.165) is 17.8 Å². The third-order valence-corrected chi connectivity index (χ3v) is 3.67. The SMILES string of the molecule is CC(C)C1CCCC(CC(C)(C)C)C1. The van der Waals surface area contributed by atoms with Crippen LogP contribution in [0.1, 0.15) is 66.7 Å². The van der Waals surface area contributed by atoms with Crippen LogP contribution < -0.4 is 0 Å². The highest BCUT2D eigenvalue weighted by atomic mass is 14.3. The Morgan fingerprint density at radius 2 is 1.79 bits per heavy atom. The molecule has 2 atom stereocenters. The average Bonchev–Trinajstić information content (AvgIpc) is 2.01. The zero-order valence-corrected chi connectivity index (χ0v) is 10.8. The summed E-state index contributed by atoms with van der Waals surface area (Å²) in [4.78, 5) is 0. The van der Waals surface area contributed by atoms with E-state index in [1.165, 1.54) is 32.1 Å². The Morgan fingerprint density at radius 1 is 1.14 bits per heavy atom. The maximum absolute atomic E-state index is 2.39. The highest BCUT2D eigenvalue weighted by molar-refractivity contribution is 4.78. The van der Waals surface area contributed by atoms with Gasteiger partial charge in [0.1, 0.15) is 0 Å². The molecule has 0 heteroatoms. The molecule has 0 radical (unpaired) electrons. The maximum Gasteiger partial charge on any atom is -0.0380 e. The van der Waals surface area contributed by atoms with E-state index in [0.29, 0.717) is 5.41 Å². The molecule has 1 fully saturated rings. The van der Waals surface area contributed by atoms with Crippen LogP contribution in [0.25, 0.3) is 0 Å². The van der Waals surface area contributed by atoms with Gasteiger partial charge in [-0.2, -0.15) is 0 Å². The molecular formula is C14H28. The van der Waals surface area contributed by atoms with E-state index >= 15 is 0 Å². The van der Waals surface area contributed by atoms with Crippen LogP contribution in [0.5, 0.6) is 0 Å². The molecule has 1 aliphatic carbocycles. The van der Waals surface area contributed by atoms with Crippen LogP contribution in [0.4, 0.5) is 0 Å². The monoisotopic (exact) mass is 196 g/mol. The zero-order valence-electron chi connectivity index (χ0n) is 10.8. The lowest BCUT2D eigenvalue weighted by molar-refractivity contribution is 0.168. The number of hydrogen-bond donors (Lipinski definition) is 0. The smallest absolute Gasteiger partial charge is 0.0380 e. The van der Waals surface area contributed by atoms with Gasteiger partial charge in [0.15, 0.2) is 0 Å². The molecule has 0 aromatic heterocycles. The molecule has 0 amide bonds. The Balaban J connectivity index is 2.40. The molecule has 0 aromatic carbocycles. The van der Waals surface area contributed by atoms with Crippen molar-refractivity contribution in [3.8, 4) is 0 Å². The molecular weight excluding hydrogens is 168 g/mol. The molecule has 0 nitrogen and oxygen atoms in total. The van der Waals surface area contributed by atoms with Gasteiger partial charge in [-0.05, 0) is 36.0 Å². The Labute approximate surface area is 90.5 Å². The summed E-state index contributed by atoms with van der Waals surface area (Å²) in [5.41, 5.74) is 0.531. The van der Waals surface area contributed by atoms with Crippen molar-refractivity contribution in [1.29, 1.82) is 0 Å². The second-order valence-electron chi connectivity index (χ2n) is 6.80. The predicted octanol–water partition coefficient (Wildman–Crippen LogP) is 4.89. The average molecular weight is 196 g/mol. The zero-order chi connectivity index (χ0) is 10.8. The highest BCUT2D eigenvalue weighted by Gasteiger charge is 2.26. The van der Waals surface area contributed by atoms with Gasteiger partial charge in [0.05, 0.1) is 0 Å². The molecule has 0 bridgehead atoms. The van der Waals surface area contributed by atoms with Crippen LogP contribution in [0.2, 0.25) is 0 Å². The lowest BCUT2D eigenvalue weighted by Crippen LogP contribution is -2.23. The molecule has 0 spiro atoms. The summed E-state index contributed by atoms with van der Waals surface area (Å²) in [5.74, 6) is 2.92. The minimum absolute atomic E-state index is 0.531. The van der Waals surface area contributed by atoms with Crippen LogP contribution >= 0.6 is 0 Å². The van der Waals surface area contributed by atoms with Gasteiger partial charge in [-0.1, -0.05) is 53.9 Å². The minimum Gasteiger partial charge on any atom is -0.0625 e. The molecule has 0 aromatic rings. The van der Waals surface area contributed by atoms with Crippen molar-refractivity contribution < 1.29 is 0 Å². The Hall–Kier alpha value is 0. The van der Waals surface area contributed by atoms with Gasteiger partial charge in [-0.3, -0.25) is 0 Å². The van der Waals surface area contributed by atoms with Crippen LogP contribution in [0.15, 0.2) is 0 Å². The maximum atomic E-state index is 2.39. The molecule has 0 heterocycles. The lowest BCUT2D eigenvalue weighted by Gasteiger charge is -2.35. The van der Waals surface area contributed by atoms with E-state index in [4.69, 9.17) is 0 Å². The topological polar surface area (TPSA) is 0 Å². The third-order valence-electron chi connectivity index (χ3n) is 3.67. The van der Waals surface area contributed by atoms with Crippen molar-refractivity contribution >= 4 is 0 Å². The van der Waals surface area contributed by atoms with Gasteiger partial charge in [0.25, 0.3) is 0 Å². The first kappa shape index (κ1) is 12.1. The van der Waals surface area contributed by atoms with Gasteiger partial charge in [-0.15, -0.1) is 0 Å². The second kappa shape index (κ2) is 4.68. The van der Waals surface area contributed by atoms with Crippen molar-refractivity contribution in [3.05, 3.63) is 0 Å². The largest absolute Gasteiger partial charge is 0.0625 e. The van der Waals surface area contributed by atoms with Gasteiger partial charge < -0.3 is 0 Å². The van der Waals surface area contributed by atoms with Crippen molar-refractivity contribution in [3.63, 3.8) is 0 Å². The summed E-state index contributed by atoms with van der Waals surface area (Å²) >= 11 is 0. The normalized spacial score (nSPS) is 29.6. The summed E-state index contributed by atoms with van der Waals surface area (Å²) < 4.78 is 0. The van der Waals surface area contributed by atoms with Gasteiger partial charge in [0.2, 0.25) is 0 Å². The molecule has 0 N–H and O–H groups in total. The van der Waals surface area contributed by atoms with E-state index in [1.54, 1.807) is 0 Å². The van der Waals surface area contributed by atoms with Crippen LogP contribution in [0, 0.1) is 23.2 Å². The summed E-state index contributed by atoms with van der Waals surface area (Å²) in [5, 5.41) is 0.